The van der Waals surface area contributed by atoms with Gasteiger partial charge in [-0.25, -0.2) is 9.18 Å². The Balaban J connectivity index is 1.60. The zero-order valence-electron chi connectivity index (χ0n) is 16.9. The van der Waals surface area contributed by atoms with Crippen molar-refractivity contribution in [2.45, 2.75) is 18.5 Å². The minimum Gasteiger partial charge on any atom is -0.494 e. The Labute approximate surface area is 177 Å². The van der Waals surface area contributed by atoms with Crippen LogP contribution in [0.3, 0.4) is 0 Å². The average Bonchev–Trinajstić information content (AvgIpc) is 3.14. The van der Waals surface area contributed by atoms with Crippen LogP contribution in [0.15, 0.2) is 42.5 Å². The fourth-order valence-electron chi connectivity index (χ4n) is 4.06. The number of anilines is 1. The molecule has 1 unspecified atom stereocenters. The first-order chi connectivity index (χ1) is 14.8. The molecule has 2 aromatic carbocycles. The predicted octanol–water partition coefficient (Wildman–Crippen LogP) is 2.17. The second-order valence-electron chi connectivity index (χ2n) is 7.28. The van der Waals surface area contributed by atoms with Crippen molar-refractivity contribution < 1.29 is 33.0 Å². The maximum absolute atomic E-state index is 13.9. The van der Waals surface area contributed by atoms with Gasteiger partial charge in [0.15, 0.2) is 24.0 Å². The van der Waals surface area contributed by atoms with Crippen molar-refractivity contribution in [1.82, 2.24) is 4.90 Å². The number of likely N-dealkylation sites (N-methyl/N-ethyl adjacent to an activating group) is 1. The van der Waals surface area contributed by atoms with Gasteiger partial charge in [0.25, 0.3) is 5.91 Å². The molecule has 9 heteroatoms. The summed E-state index contributed by atoms with van der Waals surface area (Å²) in [4.78, 5) is 53.6. The molecular weight excluding hydrogens is 407 g/mol. The van der Waals surface area contributed by atoms with Crippen molar-refractivity contribution in [2.75, 3.05) is 25.7 Å². The Morgan fingerprint density at radius 1 is 1.16 bits per heavy atom. The van der Waals surface area contributed by atoms with Crippen LogP contribution in [-0.2, 0) is 14.3 Å². The molecule has 0 saturated carbocycles. The molecule has 2 amide bonds. The van der Waals surface area contributed by atoms with Gasteiger partial charge in [-0.1, -0.05) is 12.1 Å². The molecule has 0 aliphatic carbocycles. The average molecular weight is 426 g/mol. The number of benzene rings is 2. The molecule has 4 rings (SSSR count). The van der Waals surface area contributed by atoms with Crippen molar-refractivity contribution in [3.63, 3.8) is 0 Å². The van der Waals surface area contributed by atoms with Gasteiger partial charge in [0, 0.05) is 25.5 Å². The molecule has 8 nitrogen and oxygen atoms in total. The van der Waals surface area contributed by atoms with Gasteiger partial charge in [-0.2, -0.15) is 0 Å². The molecule has 1 saturated heterocycles. The second-order valence-corrected chi connectivity index (χ2v) is 7.28. The lowest BCUT2D eigenvalue weighted by molar-refractivity contribution is -0.155. The summed E-state index contributed by atoms with van der Waals surface area (Å²) in [6, 6.07) is 10.2. The van der Waals surface area contributed by atoms with Crippen LogP contribution in [0.1, 0.15) is 33.6 Å². The van der Waals surface area contributed by atoms with E-state index in [-0.39, 0.29) is 30.1 Å². The molecule has 2 aromatic rings. The number of fused-ring (bicyclic) bond motifs is 3. The van der Waals surface area contributed by atoms with Gasteiger partial charge in [0.05, 0.1) is 18.4 Å². The molecule has 0 radical (unpaired) electrons. The molecule has 1 fully saturated rings. The minimum absolute atomic E-state index is 0.00127. The number of nitrogens with zero attached hydrogens (tertiary/aromatic N) is 2. The number of methoxy groups -OCH3 is 1. The molecule has 1 atom stereocenters. The number of hydrogen-bond donors (Lipinski definition) is 0. The molecule has 0 spiro atoms. The first-order valence-corrected chi connectivity index (χ1v) is 9.55. The van der Waals surface area contributed by atoms with E-state index in [0.29, 0.717) is 11.3 Å². The van der Waals surface area contributed by atoms with Crippen molar-refractivity contribution in [1.29, 1.82) is 0 Å². The summed E-state index contributed by atoms with van der Waals surface area (Å²) < 4.78 is 23.9. The van der Waals surface area contributed by atoms with Crippen molar-refractivity contribution in [3.8, 4) is 5.75 Å². The van der Waals surface area contributed by atoms with E-state index in [1.54, 1.807) is 24.3 Å². The van der Waals surface area contributed by atoms with E-state index >= 15 is 0 Å². The maximum atomic E-state index is 13.9. The number of carbonyl (C=O) groups is 4. The highest BCUT2D eigenvalue weighted by Crippen LogP contribution is 2.44. The smallest absolute Gasteiger partial charge is 0.354 e. The van der Waals surface area contributed by atoms with Crippen molar-refractivity contribution >= 4 is 29.3 Å². The summed E-state index contributed by atoms with van der Waals surface area (Å²) in [6.45, 7) is -0.669. The number of Topliss-reactive ketones (excluding diaryl/α,β-unsaturated/α-hetero) is 1. The molecule has 0 aromatic heterocycles. The fourth-order valence-corrected chi connectivity index (χ4v) is 4.06. The van der Waals surface area contributed by atoms with Gasteiger partial charge in [0.1, 0.15) is 0 Å². The lowest BCUT2D eigenvalue weighted by Gasteiger charge is -2.46. The van der Waals surface area contributed by atoms with E-state index < -0.39 is 35.7 Å². The van der Waals surface area contributed by atoms with Crippen LogP contribution >= 0.6 is 0 Å². The number of ether oxygens (including phenoxy) is 2. The van der Waals surface area contributed by atoms with Crippen molar-refractivity contribution in [2.24, 2.45) is 0 Å². The third kappa shape index (κ3) is 3.04. The largest absolute Gasteiger partial charge is 0.494 e. The lowest BCUT2D eigenvalue weighted by Crippen LogP contribution is -2.67. The summed E-state index contributed by atoms with van der Waals surface area (Å²) >= 11 is 0. The van der Waals surface area contributed by atoms with E-state index in [2.05, 4.69) is 0 Å². The summed E-state index contributed by atoms with van der Waals surface area (Å²) in [5.41, 5.74) is -1.04. The number of ketones is 1. The minimum atomic E-state index is -1.67. The Morgan fingerprint density at radius 3 is 2.61 bits per heavy atom. The number of carbonyl (C=O) groups excluding carboxylic acids is 4. The highest BCUT2D eigenvalue weighted by Gasteiger charge is 2.60. The van der Waals surface area contributed by atoms with Crippen LogP contribution in [0.25, 0.3) is 0 Å². The third-order valence-electron chi connectivity index (χ3n) is 5.68. The molecular formula is C22H19FN2O6. The first kappa shape index (κ1) is 20.5. The summed E-state index contributed by atoms with van der Waals surface area (Å²) in [5, 5.41) is 0. The third-order valence-corrected chi connectivity index (χ3v) is 5.68. The van der Waals surface area contributed by atoms with Gasteiger partial charge in [-0.15, -0.1) is 0 Å². The van der Waals surface area contributed by atoms with Gasteiger partial charge >= 0.3 is 5.97 Å². The number of esters is 1. The number of para-hydroxylation sites is 1. The fraction of sp³-hybridized carbons (Fsp3) is 0.273. The molecule has 0 bridgehead atoms. The molecule has 0 N–H and O–H groups in total. The van der Waals surface area contributed by atoms with Crippen molar-refractivity contribution in [3.05, 3.63) is 59.4 Å². The summed E-state index contributed by atoms with van der Waals surface area (Å²) in [5.74, 6) is -3.03. The van der Waals surface area contributed by atoms with E-state index in [9.17, 15) is 23.6 Å². The molecule has 2 aliphatic rings. The van der Waals surface area contributed by atoms with E-state index in [1.807, 2.05) is 0 Å². The highest BCUT2D eigenvalue weighted by molar-refractivity contribution is 6.15. The topological polar surface area (TPSA) is 93.2 Å². The van der Waals surface area contributed by atoms with Gasteiger partial charge in [-0.05, 0) is 30.3 Å². The number of rotatable bonds is 5. The van der Waals surface area contributed by atoms with E-state index in [1.165, 1.54) is 36.1 Å². The van der Waals surface area contributed by atoms with Crippen LogP contribution in [-0.4, -0.2) is 54.9 Å². The van der Waals surface area contributed by atoms with Crippen LogP contribution in [0.5, 0.6) is 5.75 Å². The number of amides is 2. The zero-order chi connectivity index (χ0) is 22.3. The summed E-state index contributed by atoms with van der Waals surface area (Å²) in [6.07, 6.45) is 0.0747. The van der Waals surface area contributed by atoms with Crippen LogP contribution in [0, 0.1) is 5.82 Å². The first-order valence-electron chi connectivity index (χ1n) is 9.55. The molecule has 160 valence electrons. The Kier molecular flexibility index (Phi) is 4.96. The van der Waals surface area contributed by atoms with E-state index in [0.717, 1.165) is 6.07 Å². The maximum Gasteiger partial charge on any atom is 0.354 e. The van der Waals surface area contributed by atoms with Gasteiger partial charge < -0.3 is 14.4 Å². The Bertz CT molecular complexity index is 1120. The summed E-state index contributed by atoms with van der Waals surface area (Å²) in [7, 11) is 2.72. The van der Waals surface area contributed by atoms with Crippen LogP contribution in [0.4, 0.5) is 10.1 Å². The van der Waals surface area contributed by atoms with Crippen LogP contribution < -0.4 is 9.64 Å². The standard InChI is InChI=1S/C22H19FN2O6/c1-24-20(28)14-5-3-4-6-16(14)25-19(27)9-10-22(24,25)21(29)31-12-17(26)13-7-8-18(30-2)15(23)11-13/h3-8,11H,9-10,12H2,1-2H3. The SMILES string of the molecule is COc1ccc(C(=O)COC(=O)C23CCC(=O)N2c2ccccc2C(=O)N3C)cc1F. The highest BCUT2D eigenvalue weighted by atomic mass is 19.1. The quantitative estimate of drug-likeness (QED) is 0.537. The lowest BCUT2D eigenvalue weighted by atomic mass is 9.97. The van der Waals surface area contributed by atoms with Crippen LogP contribution in [0.2, 0.25) is 0 Å². The monoisotopic (exact) mass is 426 g/mol. The molecule has 2 aliphatic heterocycles. The predicted molar refractivity (Wildman–Crippen MR) is 106 cm³/mol. The number of halogens is 1. The second kappa shape index (κ2) is 7.50. The Morgan fingerprint density at radius 2 is 1.90 bits per heavy atom. The Hall–Kier alpha value is -3.75. The zero-order valence-corrected chi connectivity index (χ0v) is 16.9. The van der Waals surface area contributed by atoms with Gasteiger partial charge in [-0.3, -0.25) is 19.3 Å². The van der Waals surface area contributed by atoms with E-state index in [4.69, 9.17) is 9.47 Å². The number of hydrogen-bond acceptors (Lipinski definition) is 6. The molecule has 2 heterocycles. The normalized spacial score (nSPS) is 19.7. The molecule has 31 heavy (non-hydrogen) atoms. The van der Waals surface area contributed by atoms with Gasteiger partial charge in [0.2, 0.25) is 11.6 Å².